The van der Waals surface area contributed by atoms with E-state index in [-0.39, 0.29) is 48.8 Å². The van der Waals surface area contributed by atoms with Gasteiger partial charge >= 0.3 is 11.4 Å². The highest BCUT2D eigenvalue weighted by molar-refractivity contribution is 6.35. The summed E-state index contributed by atoms with van der Waals surface area (Å²) in [6.07, 6.45) is 10.4. The fraction of sp³-hybridized carbons (Fsp3) is 0.371. The standard InChI is InChI=1S/2C35H38Cl2N8O4/c2*1-3-25(2)45-34(46)44(24-40-45)29-7-5-27(6-8-29)41-14-16-42(17-15-41)28-9-11-30(12-10-28)47-19-31-20-48-35(49-31,21-43-23-38-22-39-43)32-13-4-26(36)18-33(32)37/h2*4-13,18,22-25,31H,3,14-17,19-21H2,1-2H3. The molecule has 0 aliphatic carbocycles. The summed E-state index contributed by atoms with van der Waals surface area (Å²) in [4.78, 5) is 43.2. The summed E-state index contributed by atoms with van der Waals surface area (Å²) in [5.74, 6) is -0.820. The summed E-state index contributed by atoms with van der Waals surface area (Å²) >= 11 is 25.5. The van der Waals surface area contributed by atoms with Crippen molar-refractivity contribution in [3.63, 3.8) is 0 Å². The van der Waals surface area contributed by atoms with Crippen LogP contribution >= 0.6 is 46.4 Å². The molecule has 8 heterocycles. The van der Waals surface area contributed by atoms with Crippen molar-refractivity contribution in [1.82, 2.24) is 58.2 Å². The van der Waals surface area contributed by atoms with Crippen LogP contribution in [-0.2, 0) is 43.6 Å². The van der Waals surface area contributed by atoms with E-state index in [9.17, 15) is 9.59 Å². The van der Waals surface area contributed by atoms with Gasteiger partial charge in [-0.3, -0.25) is 0 Å². The Bertz CT molecular complexity index is 4090. The summed E-state index contributed by atoms with van der Waals surface area (Å²) in [5.41, 5.74) is 7.28. The Morgan fingerprint density at radius 3 is 1.11 bits per heavy atom. The number of rotatable bonds is 22. The van der Waals surface area contributed by atoms with Gasteiger partial charge in [0.25, 0.3) is 0 Å². The summed E-state index contributed by atoms with van der Waals surface area (Å²) in [5, 5.41) is 19.0. The Labute approximate surface area is 586 Å². The first-order chi connectivity index (χ1) is 47.6. The Kier molecular flexibility index (Phi) is 20.9. The third kappa shape index (κ3) is 15.1. The van der Waals surface area contributed by atoms with E-state index in [4.69, 9.17) is 74.8 Å². The molecule has 4 fully saturated rings. The van der Waals surface area contributed by atoms with Crippen molar-refractivity contribution >= 4 is 69.2 Å². The van der Waals surface area contributed by atoms with Crippen molar-refractivity contribution < 1.29 is 28.4 Å². The maximum absolute atomic E-state index is 12.8. The molecule has 4 aromatic heterocycles. The second-order valence-electron chi connectivity index (χ2n) is 24.6. The molecule has 10 aromatic rings. The van der Waals surface area contributed by atoms with Crippen LogP contribution in [0.1, 0.15) is 63.7 Å². The van der Waals surface area contributed by atoms with Crippen LogP contribution < -0.4 is 40.5 Å². The molecule has 6 atom stereocenters. The van der Waals surface area contributed by atoms with Crippen molar-refractivity contribution in [1.29, 1.82) is 0 Å². The molecule has 6 aromatic carbocycles. The molecule has 0 spiro atoms. The van der Waals surface area contributed by atoms with E-state index in [1.807, 2.05) is 88.4 Å². The summed E-state index contributed by atoms with van der Waals surface area (Å²) in [6, 6.07) is 43.2. The fourth-order valence-corrected chi connectivity index (χ4v) is 13.6. The molecule has 0 saturated carbocycles. The van der Waals surface area contributed by atoms with Gasteiger partial charge in [0.05, 0.1) is 46.7 Å². The maximum Gasteiger partial charge on any atom is 0.350 e. The van der Waals surface area contributed by atoms with E-state index in [2.05, 4.69) is 98.5 Å². The molecule has 14 rings (SSSR count). The quantitative estimate of drug-likeness (QED) is 0.0618. The summed E-state index contributed by atoms with van der Waals surface area (Å²) in [6.45, 7) is 17.0. The van der Waals surface area contributed by atoms with Gasteiger partial charge in [0.15, 0.2) is 0 Å². The monoisotopic (exact) mass is 1410 g/mol. The largest absolute Gasteiger partial charge is 0.491 e. The van der Waals surface area contributed by atoms with Gasteiger partial charge in [-0.1, -0.05) is 72.4 Å². The van der Waals surface area contributed by atoms with E-state index in [0.717, 1.165) is 111 Å². The second-order valence-corrected chi connectivity index (χ2v) is 26.3. The molecular weight excluding hydrogens is 1330 g/mol. The normalized spacial score (nSPS) is 20.1. The molecule has 4 saturated heterocycles. The van der Waals surface area contributed by atoms with Crippen LogP contribution in [0.2, 0.25) is 20.1 Å². The average molecular weight is 1410 g/mol. The number of hydrogen-bond acceptors (Lipinski definition) is 18. The molecule has 4 aliphatic heterocycles. The molecule has 0 N–H and O–H groups in total. The van der Waals surface area contributed by atoms with Crippen LogP contribution in [0.3, 0.4) is 0 Å². The first-order valence-electron chi connectivity index (χ1n) is 32.8. The Hall–Kier alpha value is -8.72. The Balaban J connectivity index is 0.000000176. The molecule has 512 valence electrons. The van der Waals surface area contributed by atoms with Crippen molar-refractivity contribution in [3.8, 4) is 22.9 Å². The predicted molar refractivity (Wildman–Crippen MR) is 376 cm³/mol. The van der Waals surface area contributed by atoms with Gasteiger partial charge in [0.1, 0.15) is 88.0 Å². The molecule has 28 heteroatoms. The van der Waals surface area contributed by atoms with Crippen molar-refractivity contribution in [2.75, 3.05) is 98.4 Å². The maximum atomic E-state index is 12.8. The fourth-order valence-electron chi connectivity index (χ4n) is 12.5. The van der Waals surface area contributed by atoms with Gasteiger partial charge in [-0.25, -0.2) is 47.4 Å². The third-order valence-electron chi connectivity index (χ3n) is 18.3. The third-order valence-corrected chi connectivity index (χ3v) is 19.4. The predicted octanol–water partition coefficient (Wildman–Crippen LogP) is 11.2. The number of benzene rings is 6. The molecule has 0 bridgehead atoms. The number of piperazine rings is 2. The number of halogens is 4. The SMILES string of the molecule is CCC(C)n1ncn(-c2ccc(N3CCN(c4ccc(OCC5COC(Cn6cncn6)(c6ccc(Cl)cc6Cl)O5)cc4)CC3)cc2)c1=O.CCC(C)n1ncn(-c2ccc(N3CCN(c4ccc(OCC5COC(Cn6cncn6)(c6ccc(Cl)cc6Cl)O5)cc4)CC3)cc2)c1=O. The molecule has 24 nitrogen and oxygen atoms in total. The lowest BCUT2D eigenvalue weighted by atomic mass is 10.1. The van der Waals surface area contributed by atoms with E-state index in [0.29, 0.717) is 57.6 Å². The summed E-state index contributed by atoms with van der Waals surface area (Å²) < 4.78 is 47.3. The molecule has 0 amide bonds. The lowest BCUT2D eigenvalue weighted by Crippen LogP contribution is -2.46. The first kappa shape index (κ1) is 67.8. The molecule has 0 radical (unpaired) electrons. The topological polar surface area (TPSA) is 209 Å². The van der Waals surface area contributed by atoms with Crippen molar-refractivity contribution in [3.05, 3.63) is 224 Å². The zero-order valence-electron chi connectivity index (χ0n) is 54.7. The highest BCUT2D eigenvalue weighted by Crippen LogP contribution is 2.43. The van der Waals surface area contributed by atoms with Gasteiger partial charge in [-0.05, 0) is 148 Å². The minimum atomic E-state index is -1.16. The van der Waals surface area contributed by atoms with Crippen LogP contribution in [-0.4, -0.2) is 149 Å². The molecule has 4 aliphatic rings. The van der Waals surface area contributed by atoms with E-state index in [1.54, 1.807) is 68.1 Å². The average Bonchev–Trinajstić information content (AvgIpc) is 1.60. The number of hydrogen-bond donors (Lipinski definition) is 0. The molecular formula is C70H76Cl4N16O8. The highest BCUT2D eigenvalue weighted by Gasteiger charge is 2.47. The minimum absolute atomic E-state index is 0.0645. The first-order valence-corrected chi connectivity index (χ1v) is 34.3. The number of nitrogens with zero attached hydrogens (tertiary/aromatic N) is 16. The van der Waals surface area contributed by atoms with Crippen molar-refractivity contribution in [2.45, 2.75) is 89.5 Å². The molecule has 6 unspecified atom stereocenters. The van der Waals surface area contributed by atoms with Gasteiger partial charge in [0, 0.05) is 96.3 Å². The second kappa shape index (κ2) is 30.2. The van der Waals surface area contributed by atoms with Crippen LogP contribution in [0.15, 0.2) is 181 Å². The number of anilines is 4. The zero-order valence-corrected chi connectivity index (χ0v) is 57.7. The summed E-state index contributed by atoms with van der Waals surface area (Å²) in [7, 11) is 0. The lowest BCUT2D eigenvalue weighted by Gasteiger charge is -2.37. The lowest BCUT2D eigenvalue weighted by molar-refractivity contribution is -0.191. The highest BCUT2D eigenvalue weighted by atomic mass is 35.5. The van der Waals surface area contributed by atoms with E-state index in [1.165, 1.54) is 22.0 Å². The Morgan fingerprint density at radius 1 is 0.459 bits per heavy atom. The number of aromatic nitrogens is 12. The van der Waals surface area contributed by atoms with Crippen LogP contribution in [0.5, 0.6) is 11.5 Å². The smallest absolute Gasteiger partial charge is 0.350 e. The van der Waals surface area contributed by atoms with Crippen LogP contribution in [0.4, 0.5) is 22.7 Å². The van der Waals surface area contributed by atoms with Gasteiger partial charge in [0.2, 0.25) is 11.6 Å². The minimum Gasteiger partial charge on any atom is -0.491 e. The van der Waals surface area contributed by atoms with E-state index >= 15 is 0 Å². The van der Waals surface area contributed by atoms with Gasteiger partial charge < -0.3 is 48.0 Å². The Morgan fingerprint density at radius 2 is 0.796 bits per heavy atom. The van der Waals surface area contributed by atoms with Crippen LogP contribution in [0.25, 0.3) is 11.4 Å². The number of ether oxygens (including phenoxy) is 6. The van der Waals surface area contributed by atoms with Gasteiger partial charge in [-0.15, -0.1) is 0 Å². The van der Waals surface area contributed by atoms with Crippen molar-refractivity contribution in [2.24, 2.45) is 0 Å². The van der Waals surface area contributed by atoms with E-state index < -0.39 is 11.6 Å². The van der Waals surface area contributed by atoms with Crippen LogP contribution in [0, 0.1) is 0 Å². The zero-order chi connectivity index (χ0) is 67.9. The van der Waals surface area contributed by atoms with Gasteiger partial charge in [-0.2, -0.15) is 20.4 Å². The molecule has 98 heavy (non-hydrogen) atoms.